The lowest BCUT2D eigenvalue weighted by Crippen LogP contribution is -2.26. The van der Waals surface area contributed by atoms with Crippen LogP contribution in [-0.4, -0.2) is 23.3 Å². The summed E-state index contributed by atoms with van der Waals surface area (Å²) in [6.07, 6.45) is 3.35. The fourth-order valence-corrected chi connectivity index (χ4v) is 2.61. The van der Waals surface area contributed by atoms with E-state index in [1.807, 2.05) is 0 Å². The van der Waals surface area contributed by atoms with E-state index in [2.05, 4.69) is 51.9 Å². The molecule has 1 aliphatic rings. The van der Waals surface area contributed by atoms with Gasteiger partial charge in [0.2, 0.25) is 0 Å². The van der Waals surface area contributed by atoms with Gasteiger partial charge in [0.15, 0.2) is 0 Å². The molecule has 3 nitrogen and oxygen atoms in total. The summed E-state index contributed by atoms with van der Waals surface area (Å²) >= 11 is 0. The standard InChI is InChI=1S/C15H19N3.2ClH/c1-2-4-12(5-3-1)10-14-11-15(18-17-14)13-6-8-16-9-7-13;;/h1-5,11,13,16H,6-10H2,(H,17,18);2*1H. The number of halogens is 2. The molecule has 0 bridgehead atoms. The summed E-state index contributed by atoms with van der Waals surface area (Å²) < 4.78 is 0. The van der Waals surface area contributed by atoms with Crippen LogP contribution in [0.15, 0.2) is 36.4 Å². The van der Waals surface area contributed by atoms with Crippen molar-refractivity contribution in [3.05, 3.63) is 53.3 Å². The molecule has 1 fully saturated rings. The van der Waals surface area contributed by atoms with Crippen molar-refractivity contribution in [3.63, 3.8) is 0 Å². The third kappa shape index (κ3) is 4.23. The van der Waals surface area contributed by atoms with E-state index >= 15 is 0 Å². The zero-order chi connectivity index (χ0) is 12.2. The van der Waals surface area contributed by atoms with Gasteiger partial charge < -0.3 is 5.32 Å². The molecule has 2 aromatic rings. The SMILES string of the molecule is Cl.Cl.c1ccc(Cc2cc(C3CCNCC3)n[nH]2)cc1. The van der Waals surface area contributed by atoms with Crippen molar-refractivity contribution in [2.75, 3.05) is 13.1 Å². The molecule has 2 N–H and O–H groups in total. The molecule has 0 unspecified atom stereocenters. The highest BCUT2D eigenvalue weighted by Crippen LogP contribution is 2.24. The largest absolute Gasteiger partial charge is 0.317 e. The Kier molecular flexibility index (Phi) is 7.06. The molecule has 1 aromatic carbocycles. The Labute approximate surface area is 132 Å². The maximum absolute atomic E-state index is 4.48. The van der Waals surface area contributed by atoms with Crippen molar-refractivity contribution in [1.29, 1.82) is 0 Å². The van der Waals surface area contributed by atoms with Crippen LogP contribution in [0.25, 0.3) is 0 Å². The van der Waals surface area contributed by atoms with E-state index in [9.17, 15) is 0 Å². The summed E-state index contributed by atoms with van der Waals surface area (Å²) in [7, 11) is 0. The third-order valence-electron chi connectivity index (χ3n) is 3.65. The van der Waals surface area contributed by atoms with Crippen molar-refractivity contribution in [2.24, 2.45) is 0 Å². The molecule has 2 heterocycles. The summed E-state index contributed by atoms with van der Waals surface area (Å²) in [5, 5.41) is 11.1. The molecule has 0 saturated carbocycles. The normalized spacial score (nSPS) is 15.2. The molecule has 0 spiro atoms. The summed E-state index contributed by atoms with van der Waals surface area (Å²) in [4.78, 5) is 0. The van der Waals surface area contributed by atoms with Crippen LogP contribution in [0.5, 0.6) is 0 Å². The number of rotatable bonds is 3. The molecular weight excluding hydrogens is 293 g/mol. The van der Waals surface area contributed by atoms with Crippen LogP contribution >= 0.6 is 24.8 Å². The monoisotopic (exact) mass is 313 g/mol. The highest BCUT2D eigenvalue weighted by atomic mass is 35.5. The van der Waals surface area contributed by atoms with Crippen molar-refractivity contribution in [1.82, 2.24) is 15.5 Å². The molecule has 1 aliphatic heterocycles. The van der Waals surface area contributed by atoms with E-state index in [1.165, 1.54) is 29.8 Å². The smallest absolute Gasteiger partial charge is 0.0656 e. The molecule has 0 radical (unpaired) electrons. The summed E-state index contributed by atoms with van der Waals surface area (Å²) in [6, 6.07) is 12.8. The number of nitrogens with one attached hydrogen (secondary N) is 2. The second-order valence-electron chi connectivity index (χ2n) is 5.00. The fourth-order valence-electron chi connectivity index (χ4n) is 2.61. The van der Waals surface area contributed by atoms with Gasteiger partial charge in [-0.05, 0) is 37.6 Å². The fraction of sp³-hybridized carbons (Fsp3) is 0.400. The molecule has 20 heavy (non-hydrogen) atoms. The van der Waals surface area contributed by atoms with Gasteiger partial charge in [0.1, 0.15) is 0 Å². The van der Waals surface area contributed by atoms with Crippen molar-refractivity contribution in [3.8, 4) is 0 Å². The van der Waals surface area contributed by atoms with Crippen LogP contribution in [0.3, 0.4) is 0 Å². The van der Waals surface area contributed by atoms with Crippen LogP contribution in [0.4, 0.5) is 0 Å². The van der Waals surface area contributed by atoms with E-state index in [-0.39, 0.29) is 24.8 Å². The quantitative estimate of drug-likeness (QED) is 0.912. The van der Waals surface area contributed by atoms with Crippen molar-refractivity contribution >= 4 is 24.8 Å². The van der Waals surface area contributed by atoms with Gasteiger partial charge in [-0.3, -0.25) is 5.10 Å². The molecule has 110 valence electrons. The second-order valence-corrected chi connectivity index (χ2v) is 5.00. The number of nitrogens with zero attached hydrogens (tertiary/aromatic N) is 1. The van der Waals surface area contributed by atoms with Gasteiger partial charge in [-0.25, -0.2) is 0 Å². The van der Waals surface area contributed by atoms with Crippen molar-refractivity contribution in [2.45, 2.75) is 25.2 Å². The van der Waals surface area contributed by atoms with E-state index in [4.69, 9.17) is 0 Å². The predicted molar refractivity (Wildman–Crippen MR) is 87.2 cm³/mol. The van der Waals surface area contributed by atoms with Crippen LogP contribution in [0.2, 0.25) is 0 Å². The first-order chi connectivity index (χ1) is 8.92. The Bertz CT molecular complexity index is 493. The first-order valence-corrected chi connectivity index (χ1v) is 6.70. The number of hydrogen-bond acceptors (Lipinski definition) is 2. The second kappa shape index (κ2) is 8.30. The van der Waals surface area contributed by atoms with Crippen LogP contribution in [-0.2, 0) is 6.42 Å². The van der Waals surface area contributed by atoms with Gasteiger partial charge >= 0.3 is 0 Å². The summed E-state index contributed by atoms with van der Waals surface area (Å²) in [5.74, 6) is 0.632. The lowest BCUT2D eigenvalue weighted by molar-refractivity contribution is 0.453. The van der Waals surface area contributed by atoms with Gasteiger partial charge in [0.25, 0.3) is 0 Å². The number of H-pyrrole nitrogens is 1. The Balaban J connectivity index is 0.000001000. The average Bonchev–Trinajstić information content (AvgIpc) is 2.89. The predicted octanol–water partition coefficient (Wildman–Crippen LogP) is 3.31. The van der Waals surface area contributed by atoms with Gasteiger partial charge in [-0.15, -0.1) is 24.8 Å². The van der Waals surface area contributed by atoms with E-state index in [1.54, 1.807) is 0 Å². The number of aromatic nitrogens is 2. The minimum Gasteiger partial charge on any atom is -0.317 e. The van der Waals surface area contributed by atoms with Crippen molar-refractivity contribution < 1.29 is 0 Å². The van der Waals surface area contributed by atoms with E-state index in [0.717, 1.165) is 19.5 Å². The van der Waals surface area contributed by atoms with Crippen LogP contribution in [0, 0.1) is 0 Å². The molecule has 0 amide bonds. The minimum absolute atomic E-state index is 0. The van der Waals surface area contributed by atoms with Crippen LogP contribution < -0.4 is 5.32 Å². The Morgan fingerprint density at radius 2 is 1.75 bits per heavy atom. The first-order valence-electron chi connectivity index (χ1n) is 6.70. The molecule has 0 atom stereocenters. The lowest BCUT2D eigenvalue weighted by atomic mass is 9.94. The summed E-state index contributed by atoms with van der Waals surface area (Å²) in [5.41, 5.74) is 3.79. The molecule has 5 heteroatoms. The molecule has 0 aliphatic carbocycles. The number of piperidine rings is 1. The van der Waals surface area contributed by atoms with E-state index in [0.29, 0.717) is 5.92 Å². The Morgan fingerprint density at radius 3 is 2.45 bits per heavy atom. The zero-order valence-electron chi connectivity index (χ0n) is 11.3. The molecule has 1 aromatic heterocycles. The number of aromatic amines is 1. The van der Waals surface area contributed by atoms with Gasteiger partial charge in [-0.1, -0.05) is 30.3 Å². The number of benzene rings is 1. The third-order valence-corrected chi connectivity index (χ3v) is 3.65. The molecule has 3 rings (SSSR count). The highest BCUT2D eigenvalue weighted by molar-refractivity contribution is 5.85. The Morgan fingerprint density at radius 1 is 1.05 bits per heavy atom. The highest BCUT2D eigenvalue weighted by Gasteiger charge is 2.17. The van der Waals surface area contributed by atoms with Crippen LogP contribution in [0.1, 0.15) is 35.7 Å². The van der Waals surface area contributed by atoms with E-state index < -0.39 is 0 Å². The average molecular weight is 314 g/mol. The number of hydrogen-bond donors (Lipinski definition) is 2. The summed E-state index contributed by atoms with van der Waals surface area (Å²) in [6.45, 7) is 2.23. The first kappa shape index (κ1) is 17.0. The zero-order valence-corrected chi connectivity index (χ0v) is 13.0. The lowest BCUT2D eigenvalue weighted by Gasteiger charge is -2.20. The minimum atomic E-state index is 0. The van der Waals surface area contributed by atoms with Gasteiger partial charge in [0, 0.05) is 18.0 Å². The molecular formula is C15H21Cl2N3. The maximum atomic E-state index is 4.48. The Hall–Kier alpha value is -1.03. The van der Waals surface area contributed by atoms with Gasteiger partial charge in [0.05, 0.1) is 5.69 Å². The van der Waals surface area contributed by atoms with Gasteiger partial charge in [-0.2, -0.15) is 5.10 Å². The molecule has 1 saturated heterocycles. The maximum Gasteiger partial charge on any atom is 0.0656 e. The topological polar surface area (TPSA) is 40.7 Å².